The maximum absolute atomic E-state index is 11.2. The van der Waals surface area contributed by atoms with Crippen LogP contribution in [0.1, 0.15) is 19.3 Å². The van der Waals surface area contributed by atoms with Gasteiger partial charge in [0.1, 0.15) is 6.72 Å². The van der Waals surface area contributed by atoms with E-state index in [1.165, 1.54) is 6.42 Å². The summed E-state index contributed by atoms with van der Waals surface area (Å²) in [5.41, 5.74) is 0. The summed E-state index contributed by atoms with van der Waals surface area (Å²) >= 11 is 0. The molecule has 0 aromatic heterocycles. The number of nitrogens with one attached hydrogen (secondary N) is 1. The summed E-state index contributed by atoms with van der Waals surface area (Å²) in [6.45, 7) is 10.4. The number of piperidine rings is 1. The molecule has 2 aliphatic heterocycles. The SMILES string of the molecule is C=[N+]1CCN(CCC2CCNC(=O)C2)CC1. The van der Waals surface area contributed by atoms with E-state index in [1.54, 1.807) is 0 Å². The van der Waals surface area contributed by atoms with Gasteiger partial charge >= 0.3 is 0 Å². The van der Waals surface area contributed by atoms with Crippen molar-refractivity contribution in [3.63, 3.8) is 0 Å². The van der Waals surface area contributed by atoms with E-state index < -0.39 is 0 Å². The third-order valence-electron chi connectivity index (χ3n) is 3.67. The van der Waals surface area contributed by atoms with Crippen molar-refractivity contribution in [2.75, 3.05) is 39.3 Å². The first-order valence-electron chi connectivity index (χ1n) is 6.28. The van der Waals surface area contributed by atoms with Crippen LogP contribution in [0.4, 0.5) is 0 Å². The number of carbonyl (C=O) groups excluding carboxylic acids is 1. The lowest BCUT2D eigenvalue weighted by atomic mass is 9.94. The van der Waals surface area contributed by atoms with Gasteiger partial charge in [-0.05, 0) is 25.3 Å². The molecule has 0 aromatic rings. The van der Waals surface area contributed by atoms with Crippen molar-refractivity contribution in [3.8, 4) is 0 Å². The number of hydrogen-bond acceptors (Lipinski definition) is 2. The Bertz CT molecular complexity index is 267. The molecule has 1 unspecified atom stereocenters. The van der Waals surface area contributed by atoms with Crippen LogP contribution >= 0.6 is 0 Å². The van der Waals surface area contributed by atoms with Crippen LogP contribution < -0.4 is 5.32 Å². The number of carbonyl (C=O) groups is 1. The first-order chi connectivity index (χ1) is 7.74. The maximum atomic E-state index is 11.2. The third-order valence-corrected chi connectivity index (χ3v) is 3.67. The number of amides is 1. The van der Waals surface area contributed by atoms with Gasteiger partial charge in [-0.2, -0.15) is 0 Å². The van der Waals surface area contributed by atoms with Crippen molar-refractivity contribution in [2.45, 2.75) is 19.3 Å². The van der Waals surface area contributed by atoms with Gasteiger partial charge in [0, 0.05) is 13.0 Å². The highest BCUT2D eigenvalue weighted by Crippen LogP contribution is 2.17. The van der Waals surface area contributed by atoms with E-state index in [0.717, 1.165) is 52.1 Å². The number of rotatable bonds is 3. The fraction of sp³-hybridized carbons (Fsp3) is 0.833. The van der Waals surface area contributed by atoms with Crippen LogP contribution in [-0.4, -0.2) is 61.4 Å². The molecule has 90 valence electrons. The van der Waals surface area contributed by atoms with E-state index in [9.17, 15) is 4.79 Å². The zero-order valence-corrected chi connectivity index (χ0v) is 9.95. The molecule has 4 nitrogen and oxygen atoms in total. The molecule has 0 bridgehead atoms. The lowest BCUT2D eigenvalue weighted by molar-refractivity contribution is -0.531. The van der Waals surface area contributed by atoms with Gasteiger partial charge in [-0.15, -0.1) is 0 Å². The highest BCUT2D eigenvalue weighted by atomic mass is 16.1. The Morgan fingerprint density at radius 3 is 2.88 bits per heavy atom. The van der Waals surface area contributed by atoms with E-state index in [1.807, 2.05) is 0 Å². The highest BCUT2D eigenvalue weighted by molar-refractivity contribution is 5.76. The molecule has 0 aromatic carbocycles. The standard InChI is InChI=1S/C12H21N3O/c1-14-6-8-15(9-7-14)5-3-11-2-4-13-12(16)10-11/h11H,1-10H2/p+1. The molecular weight excluding hydrogens is 202 g/mol. The second-order valence-corrected chi connectivity index (χ2v) is 4.96. The van der Waals surface area contributed by atoms with Crippen LogP contribution in [-0.2, 0) is 4.79 Å². The van der Waals surface area contributed by atoms with Gasteiger partial charge in [0.15, 0.2) is 13.1 Å². The minimum absolute atomic E-state index is 0.235. The zero-order valence-electron chi connectivity index (χ0n) is 9.95. The summed E-state index contributed by atoms with van der Waals surface area (Å²) in [5, 5.41) is 2.89. The smallest absolute Gasteiger partial charge is 0.220 e. The van der Waals surface area contributed by atoms with Gasteiger partial charge in [0.2, 0.25) is 5.91 Å². The summed E-state index contributed by atoms with van der Waals surface area (Å²) in [5.74, 6) is 0.838. The number of nitrogens with zero attached hydrogens (tertiary/aromatic N) is 2. The zero-order chi connectivity index (χ0) is 11.4. The van der Waals surface area contributed by atoms with Gasteiger partial charge in [0.05, 0.1) is 13.1 Å². The van der Waals surface area contributed by atoms with Crippen molar-refractivity contribution in [1.29, 1.82) is 0 Å². The Balaban J connectivity index is 1.66. The van der Waals surface area contributed by atoms with E-state index in [-0.39, 0.29) is 5.91 Å². The Hall–Kier alpha value is -0.900. The van der Waals surface area contributed by atoms with Crippen LogP contribution in [0.5, 0.6) is 0 Å². The summed E-state index contributed by atoms with van der Waals surface area (Å²) < 4.78 is 2.13. The van der Waals surface area contributed by atoms with Gasteiger partial charge in [-0.3, -0.25) is 9.69 Å². The fourth-order valence-corrected chi connectivity index (χ4v) is 2.48. The first-order valence-corrected chi connectivity index (χ1v) is 6.28. The quantitative estimate of drug-likeness (QED) is 0.681. The largest absolute Gasteiger partial charge is 0.356 e. The highest BCUT2D eigenvalue weighted by Gasteiger charge is 2.21. The van der Waals surface area contributed by atoms with E-state index in [2.05, 4.69) is 21.5 Å². The molecule has 1 atom stereocenters. The maximum Gasteiger partial charge on any atom is 0.220 e. The second kappa shape index (κ2) is 5.43. The molecule has 0 spiro atoms. The summed E-state index contributed by atoms with van der Waals surface area (Å²) in [7, 11) is 0. The molecule has 0 aliphatic carbocycles. The molecule has 1 N–H and O–H groups in total. The van der Waals surface area contributed by atoms with Gasteiger partial charge in [-0.25, -0.2) is 4.58 Å². The van der Waals surface area contributed by atoms with Crippen LogP contribution in [0.15, 0.2) is 0 Å². The molecule has 0 radical (unpaired) electrons. The molecule has 2 rings (SSSR count). The topological polar surface area (TPSA) is 35.4 Å². The molecule has 0 saturated carbocycles. The molecule has 2 saturated heterocycles. The molecular formula is C12H22N3O+. The first kappa shape index (κ1) is 11.6. The third kappa shape index (κ3) is 3.30. The Morgan fingerprint density at radius 1 is 1.44 bits per heavy atom. The Kier molecular flexibility index (Phi) is 3.93. The molecule has 16 heavy (non-hydrogen) atoms. The number of piperazine rings is 1. The summed E-state index contributed by atoms with van der Waals surface area (Å²) in [6, 6.07) is 0. The lowest BCUT2D eigenvalue weighted by Crippen LogP contribution is -2.42. The minimum atomic E-state index is 0.235. The monoisotopic (exact) mass is 224 g/mol. The van der Waals surface area contributed by atoms with Crippen LogP contribution in [0.3, 0.4) is 0 Å². The Morgan fingerprint density at radius 2 is 2.19 bits per heavy atom. The average molecular weight is 224 g/mol. The number of hydrogen-bond donors (Lipinski definition) is 1. The van der Waals surface area contributed by atoms with Gasteiger partial charge < -0.3 is 5.32 Å². The van der Waals surface area contributed by atoms with Crippen molar-refractivity contribution < 1.29 is 9.37 Å². The molecule has 2 aliphatic rings. The van der Waals surface area contributed by atoms with Gasteiger partial charge in [0.25, 0.3) is 0 Å². The van der Waals surface area contributed by atoms with Crippen molar-refractivity contribution in [1.82, 2.24) is 10.2 Å². The van der Waals surface area contributed by atoms with Crippen LogP contribution in [0.25, 0.3) is 0 Å². The molecule has 4 heteroatoms. The van der Waals surface area contributed by atoms with E-state index >= 15 is 0 Å². The molecule has 2 heterocycles. The van der Waals surface area contributed by atoms with Crippen LogP contribution in [0.2, 0.25) is 0 Å². The summed E-state index contributed by atoms with van der Waals surface area (Å²) in [6.07, 6.45) is 3.06. The Labute approximate surface area is 97.3 Å². The predicted octanol–water partition coefficient (Wildman–Crippen LogP) is -0.0686. The van der Waals surface area contributed by atoms with E-state index in [0.29, 0.717) is 5.92 Å². The van der Waals surface area contributed by atoms with Crippen molar-refractivity contribution in [2.24, 2.45) is 5.92 Å². The molecule has 1 amide bonds. The normalized spacial score (nSPS) is 27.9. The van der Waals surface area contributed by atoms with Crippen molar-refractivity contribution in [3.05, 3.63) is 0 Å². The lowest BCUT2D eigenvalue weighted by Gasteiger charge is -2.28. The fourth-order valence-electron chi connectivity index (χ4n) is 2.48. The van der Waals surface area contributed by atoms with Crippen molar-refractivity contribution >= 4 is 12.6 Å². The summed E-state index contributed by atoms with van der Waals surface area (Å²) in [4.78, 5) is 13.7. The van der Waals surface area contributed by atoms with Crippen LogP contribution in [0, 0.1) is 5.92 Å². The molecule has 2 fully saturated rings. The predicted molar refractivity (Wildman–Crippen MR) is 63.9 cm³/mol. The average Bonchev–Trinajstić information content (AvgIpc) is 2.28. The minimum Gasteiger partial charge on any atom is -0.356 e. The second-order valence-electron chi connectivity index (χ2n) is 4.96. The van der Waals surface area contributed by atoms with E-state index in [4.69, 9.17) is 0 Å². The van der Waals surface area contributed by atoms with Gasteiger partial charge in [-0.1, -0.05) is 0 Å².